The van der Waals surface area contributed by atoms with Crippen molar-refractivity contribution < 1.29 is 0 Å². The van der Waals surface area contributed by atoms with Gasteiger partial charge in [0.15, 0.2) is 0 Å². The van der Waals surface area contributed by atoms with Crippen molar-refractivity contribution in [3.05, 3.63) is 28.8 Å². The summed E-state index contributed by atoms with van der Waals surface area (Å²) in [7, 11) is 0. The van der Waals surface area contributed by atoms with E-state index in [1.807, 2.05) is 6.92 Å². The molecule has 0 radical (unpaired) electrons. The van der Waals surface area contributed by atoms with E-state index in [-0.39, 0.29) is 5.54 Å². The molecule has 0 aromatic heterocycles. The highest BCUT2D eigenvalue weighted by Gasteiger charge is 2.31. The molecule has 3 heteroatoms. The van der Waals surface area contributed by atoms with E-state index in [1.165, 1.54) is 18.5 Å². The van der Waals surface area contributed by atoms with Gasteiger partial charge in [0.1, 0.15) is 0 Å². The van der Waals surface area contributed by atoms with Crippen LogP contribution >= 0.6 is 11.6 Å². The minimum Gasteiger partial charge on any atom is -0.368 e. The summed E-state index contributed by atoms with van der Waals surface area (Å²) >= 11 is 6.23. The number of hydrogen-bond donors (Lipinski definition) is 1. The van der Waals surface area contributed by atoms with Crippen molar-refractivity contribution in [1.29, 1.82) is 0 Å². The lowest BCUT2D eigenvalue weighted by Crippen LogP contribution is -2.60. The molecule has 100 valence electrons. The second-order valence-electron chi connectivity index (χ2n) is 5.27. The molecule has 0 bridgehead atoms. The summed E-state index contributed by atoms with van der Waals surface area (Å²) in [5.41, 5.74) is 2.65. The first kappa shape index (κ1) is 13.7. The fourth-order valence-corrected chi connectivity index (χ4v) is 2.85. The minimum absolute atomic E-state index is 0.260. The van der Waals surface area contributed by atoms with Gasteiger partial charge in [-0.2, -0.15) is 0 Å². The Labute approximate surface area is 115 Å². The fourth-order valence-electron chi connectivity index (χ4n) is 2.68. The molecule has 1 aromatic rings. The van der Waals surface area contributed by atoms with E-state index in [0.717, 1.165) is 30.2 Å². The molecule has 0 amide bonds. The van der Waals surface area contributed by atoms with Crippen molar-refractivity contribution in [3.8, 4) is 0 Å². The molecule has 18 heavy (non-hydrogen) atoms. The molecule has 1 N–H and O–H groups in total. The Bertz CT molecular complexity index is 413. The predicted molar refractivity (Wildman–Crippen MR) is 79.7 cm³/mol. The van der Waals surface area contributed by atoms with E-state index in [0.29, 0.717) is 0 Å². The van der Waals surface area contributed by atoms with Crippen molar-refractivity contribution >= 4 is 17.3 Å². The Morgan fingerprint density at radius 2 is 2.06 bits per heavy atom. The van der Waals surface area contributed by atoms with Gasteiger partial charge in [-0.1, -0.05) is 31.5 Å². The Morgan fingerprint density at radius 1 is 1.33 bits per heavy atom. The molecule has 2 rings (SSSR count). The minimum atomic E-state index is 0.260. The summed E-state index contributed by atoms with van der Waals surface area (Å²) in [6.07, 6.45) is 2.33. The molecule has 2 nitrogen and oxygen atoms in total. The highest BCUT2D eigenvalue weighted by Crippen LogP contribution is 2.27. The molecule has 0 atom stereocenters. The van der Waals surface area contributed by atoms with Crippen LogP contribution in [0.1, 0.15) is 32.3 Å². The normalized spacial score (nSPS) is 19.0. The van der Waals surface area contributed by atoms with Gasteiger partial charge in [0.05, 0.1) is 0 Å². The van der Waals surface area contributed by atoms with Crippen molar-refractivity contribution in [2.45, 2.75) is 39.2 Å². The Hall–Kier alpha value is -0.730. The lowest BCUT2D eigenvalue weighted by molar-refractivity contribution is 0.277. The highest BCUT2D eigenvalue weighted by molar-refractivity contribution is 6.31. The molecular formula is C15H23ClN2. The zero-order valence-corrected chi connectivity index (χ0v) is 12.3. The van der Waals surface area contributed by atoms with E-state index in [1.54, 1.807) is 0 Å². The van der Waals surface area contributed by atoms with Crippen molar-refractivity contribution in [3.63, 3.8) is 0 Å². The van der Waals surface area contributed by atoms with Crippen molar-refractivity contribution in [2.24, 2.45) is 0 Å². The van der Waals surface area contributed by atoms with Crippen LogP contribution in [0.2, 0.25) is 5.02 Å². The van der Waals surface area contributed by atoms with E-state index in [4.69, 9.17) is 11.6 Å². The van der Waals surface area contributed by atoms with Gasteiger partial charge >= 0.3 is 0 Å². The van der Waals surface area contributed by atoms with Gasteiger partial charge in [-0.15, -0.1) is 0 Å². The molecule has 1 aromatic carbocycles. The van der Waals surface area contributed by atoms with Gasteiger partial charge < -0.3 is 10.2 Å². The molecule has 1 heterocycles. The van der Waals surface area contributed by atoms with Crippen LogP contribution in [-0.2, 0) is 0 Å². The third-order valence-corrected chi connectivity index (χ3v) is 4.66. The standard InChI is InChI=1S/C15H23ClN2/c1-4-15(5-2)11-18(9-8-17-15)13-7-6-12(3)14(16)10-13/h6-7,10,17H,4-5,8-9,11H2,1-3H3. The van der Waals surface area contributed by atoms with Crippen LogP contribution in [0, 0.1) is 6.92 Å². The third-order valence-electron chi connectivity index (χ3n) is 4.25. The molecular weight excluding hydrogens is 244 g/mol. The number of piperazine rings is 1. The second kappa shape index (κ2) is 5.50. The SMILES string of the molecule is CCC1(CC)CN(c2ccc(C)c(Cl)c2)CCN1. The number of benzene rings is 1. The number of anilines is 1. The second-order valence-corrected chi connectivity index (χ2v) is 5.68. The van der Waals surface area contributed by atoms with Crippen molar-refractivity contribution in [1.82, 2.24) is 5.32 Å². The zero-order valence-electron chi connectivity index (χ0n) is 11.6. The lowest BCUT2D eigenvalue weighted by Gasteiger charge is -2.44. The topological polar surface area (TPSA) is 15.3 Å². The molecule has 0 unspecified atom stereocenters. The van der Waals surface area contributed by atoms with Gasteiger partial charge in [0.25, 0.3) is 0 Å². The van der Waals surface area contributed by atoms with Crippen molar-refractivity contribution in [2.75, 3.05) is 24.5 Å². The summed E-state index contributed by atoms with van der Waals surface area (Å²) in [4.78, 5) is 2.45. The monoisotopic (exact) mass is 266 g/mol. The molecule has 1 aliphatic heterocycles. The molecule has 1 aliphatic rings. The average Bonchev–Trinajstić information content (AvgIpc) is 2.42. The maximum atomic E-state index is 6.23. The quantitative estimate of drug-likeness (QED) is 0.899. The maximum Gasteiger partial charge on any atom is 0.0455 e. The first-order chi connectivity index (χ1) is 8.60. The smallest absolute Gasteiger partial charge is 0.0455 e. The largest absolute Gasteiger partial charge is 0.368 e. The van der Waals surface area contributed by atoms with Crippen LogP contribution < -0.4 is 10.2 Å². The van der Waals surface area contributed by atoms with Gasteiger partial charge in [0, 0.05) is 35.9 Å². The molecule has 1 fully saturated rings. The number of aryl methyl sites for hydroxylation is 1. The van der Waals surface area contributed by atoms with Gasteiger partial charge in [-0.25, -0.2) is 0 Å². The molecule has 0 aliphatic carbocycles. The summed E-state index contributed by atoms with van der Waals surface area (Å²) < 4.78 is 0. The van der Waals surface area contributed by atoms with E-state index >= 15 is 0 Å². The third kappa shape index (κ3) is 2.65. The Kier molecular flexibility index (Phi) is 4.18. The fraction of sp³-hybridized carbons (Fsp3) is 0.600. The van der Waals surface area contributed by atoms with E-state index in [2.05, 4.69) is 42.3 Å². The summed E-state index contributed by atoms with van der Waals surface area (Å²) in [6, 6.07) is 6.39. The molecule has 0 saturated carbocycles. The van der Waals surface area contributed by atoms with Crippen LogP contribution in [0.5, 0.6) is 0 Å². The van der Waals surface area contributed by atoms with E-state index < -0.39 is 0 Å². The predicted octanol–water partition coefficient (Wildman–Crippen LogP) is 3.62. The lowest BCUT2D eigenvalue weighted by atomic mass is 9.90. The van der Waals surface area contributed by atoms with Gasteiger partial charge in [0.2, 0.25) is 0 Å². The Morgan fingerprint density at radius 3 is 2.67 bits per heavy atom. The summed E-state index contributed by atoms with van der Waals surface area (Å²) in [5, 5.41) is 4.55. The van der Waals surface area contributed by atoms with Gasteiger partial charge in [-0.05, 0) is 37.5 Å². The van der Waals surface area contributed by atoms with Crippen LogP contribution in [0.3, 0.4) is 0 Å². The first-order valence-electron chi connectivity index (χ1n) is 6.86. The maximum absolute atomic E-state index is 6.23. The first-order valence-corrected chi connectivity index (χ1v) is 7.24. The van der Waals surface area contributed by atoms with Crippen LogP contribution in [0.25, 0.3) is 0 Å². The number of rotatable bonds is 3. The van der Waals surface area contributed by atoms with Gasteiger partial charge in [-0.3, -0.25) is 0 Å². The summed E-state index contributed by atoms with van der Waals surface area (Å²) in [6.45, 7) is 9.75. The average molecular weight is 267 g/mol. The molecule has 0 spiro atoms. The van der Waals surface area contributed by atoms with Crippen LogP contribution in [-0.4, -0.2) is 25.2 Å². The highest BCUT2D eigenvalue weighted by atomic mass is 35.5. The summed E-state index contributed by atoms with van der Waals surface area (Å²) in [5.74, 6) is 0. The number of hydrogen-bond acceptors (Lipinski definition) is 2. The zero-order chi connectivity index (χ0) is 13.2. The van der Waals surface area contributed by atoms with E-state index in [9.17, 15) is 0 Å². The van der Waals surface area contributed by atoms with Crippen LogP contribution in [0.4, 0.5) is 5.69 Å². The molecule has 1 saturated heterocycles. The number of nitrogens with zero attached hydrogens (tertiary/aromatic N) is 1. The number of nitrogens with one attached hydrogen (secondary N) is 1. The number of halogens is 1. The Balaban J connectivity index is 2.20. The van der Waals surface area contributed by atoms with Crippen LogP contribution in [0.15, 0.2) is 18.2 Å².